The summed E-state index contributed by atoms with van der Waals surface area (Å²) in [6, 6.07) is 2.11. The van der Waals surface area contributed by atoms with Crippen molar-refractivity contribution >= 4 is 50.7 Å². The minimum atomic E-state index is 0.140. The topological polar surface area (TPSA) is 114 Å². The van der Waals surface area contributed by atoms with E-state index in [1.807, 2.05) is 18.5 Å². The van der Waals surface area contributed by atoms with Gasteiger partial charge in [-0.2, -0.15) is 14.6 Å². The number of anilines is 3. The Morgan fingerprint density at radius 3 is 2.94 bits per heavy atom. The van der Waals surface area contributed by atoms with Crippen LogP contribution in [0.4, 0.5) is 17.6 Å². The van der Waals surface area contributed by atoms with Gasteiger partial charge in [0.2, 0.25) is 17.2 Å². The lowest BCUT2D eigenvalue weighted by Gasteiger charge is -2.29. The first kappa shape index (κ1) is 22.0. The zero-order chi connectivity index (χ0) is 23.1. The maximum Gasteiger partial charge on any atom is 0.248 e. The smallest absolute Gasteiger partial charge is 0.248 e. The number of nitrogen functional groups attached to an aromatic ring is 1. The van der Waals surface area contributed by atoms with Crippen LogP contribution in [-0.4, -0.2) is 73.2 Å². The van der Waals surface area contributed by atoms with E-state index >= 15 is 0 Å². The molecule has 5 heterocycles. The molecule has 12 heteroatoms. The highest BCUT2D eigenvalue weighted by molar-refractivity contribution is 7.17. The predicted molar refractivity (Wildman–Crippen MR) is 132 cm³/mol. The highest BCUT2D eigenvalue weighted by Crippen LogP contribution is 2.31. The van der Waals surface area contributed by atoms with Gasteiger partial charge in [-0.05, 0) is 55.2 Å². The first-order valence-electron chi connectivity index (χ1n) is 10.6. The maximum absolute atomic E-state index is 6.19. The molecule has 3 N–H and O–H groups in total. The Morgan fingerprint density at radius 1 is 1.27 bits per heavy atom. The summed E-state index contributed by atoms with van der Waals surface area (Å²) in [5, 5.41) is 9.91. The van der Waals surface area contributed by atoms with Crippen LogP contribution in [0.1, 0.15) is 16.8 Å². The normalized spacial score (nSPS) is 14.2. The Bertz CT molecular complexity index is 1310. The molecule has 0 bridgehead atoms. The quantitative estimate of drug-likeness (QED) is 0.398. The number of pyridine rings is 1. The van der Waals surface area contributed by atoms with E-state index in [2.05, 4.69) is 60.3 Å². The summed E-state index contributed by atoms with van der Waals surface area (Å²) >= 11 is 7.68. The van der Waals surface area contributed by atoms with Crippen LogP contribution in [0.25, 0.3) is 16.0 Å². The van der Waals surface area contributed by atoms with Gasteiger partial charge < -0.3 is 16.0 Å². The van der Waals surface area contributed by atoms with Crippen molar-refractivity contribution in [3.8, 4) is 5.82 Å². The average Bonchev–Trinajstić information content (AvgIpc) is 3.33. The molecule has 0 aliphatic carbocycles. The lowest BCUT2D eigenvalue weighted by molar-refractivity contribution is 0.224. The molecule has 1 aliphatic rings. The molecule has 5 rings (SSSR count). The molecule has 4 aromatic heterocycles. The molecular weight excluding hydrogens is 460 g/mol. The number of aryl methyl sites for hydroxylation is 1. The highest BCUT2D eigenvalue weighted by Gasteiger charge is 2.20. The molecule has 0 radical (unpaired) electrons. The van der Waals surface area contributed by atoms with Crippen molar-refractivity contribution in [3.05, 3.63) is 39.7 Å². The fourth-order valence-corrected chi connectivity index (χ4v) is 5.01. The van der Waals surface area contributed by atoms with Gasteiger partial charge in [-0.25, -0.2) is 4.98 Å². The van der Waals surface area contributed by atoms with E-state index in [1.165, 1.54) is 21.6 Å². The number of likely N-dealkylation sites (N-methyl/N-ethyl adjacent to an activating group) is 1. The fourth-order valence-electron chi connectivity index (χ4n) is 3.88. The Balaban J connectivity index is 1.39. The fraction of sp³-hybridized carbons (Fsp3) is 0.381. The van der Waals surface area contributed by atoms with Gasteiger partial charge in [-0.15, -0.1) is 16.4 Å². The number of nitrogens with two attached hydrogens (primary N) is 1. The molecule has 0 atom stereocenters. The van der Waals surface area contributed by atoms with Gasteiger partial charge in [0.05, 0.1) is 22.1 Å². The average molecular weight is 485 g/mol. The maximum atomic E-state index is 6.19. The summed E-state index contributed by atoms with van der Waals surface area (Å²) in [4.78, 5) is 22.4. The van der Waals surface area contributed by atoms with Crippen molar-refractivity contribution in [2.75, 3.05) is 44.8 Å². The molecule has 0 spiro atoms. The molecule has 172 valence electrons. The second-order valence-corrected chi connectivity index (χ2v) is 9.62. The molecule has 0 unspecified atom stereocenters. The molecule has 10 nitrogen and oxygen atoms in total. The molecule has 0 amide bonds. The van der Waals surface area contributed by atoms with E-state index in [4.69, 9.17) is 17.3 Å². The molecule has 1 aliphatic heterocycles. The molecule has 33 heavy (non-hydrogen) atoms. The van der Waals surface area contributed by atoms with Crippen LogP contribution in [0.15, 0.2) is 17.6 Å². The third-order valence-corrected chi connectivity index (χ3v) is 6.87. The summed E-state index contributed by atoms with van der Waals surface area (Å²) in [5.41, 5.74) is 11.2. The minimum Gasteiger partial charge on any atom is -0.368 e. The second kappa shape index (κ2) is 8.82. The Kier molecular flexibility index (Phi) is 5.87. The van der Waals surface area contributed by atoms with Gasteiger partial charge in [0.25, 0.3) is 0 Å². The molecule has 0 aromatic carbocycles. The largest absolute Gasteiger partial charge is 0.368 e. The van der Waals surface area contributed by atoms with Crippen LogP contribution in [0.3, 0.4) is 0 Å². The zero-order valence-corrected chi connectivity index (χ0v) is 20.3. The standard InChI is InChI=1S/C21H25ClN10S/c1-12-11-33-17-16(12)26-19(22)27-18(17)32-20(23)28-21(29-32)25-14-8-13-10-31(7-6-30(2)3)5-4-15(13)24-9-14/h8-9,11H,4-7,10H2,1-3H3,(H3,23,25,28,29). The number of rotatable bonds is 6. The number of hydrogen-bond acceptors (Lipinski definition) is 10. The van der Waals surface area contributed by atoms with E-state index in [0.29, 0.717) is 11.8 Å². The van der Waals surface area contributed by atoms with E-state index < -0.39 is 0 Å². The number of thiophene rings is 1. The Labute approximate surface area is 200 Å². The first-order valence-corrected chi connectivity index (χ1v) is 11.9. The molecule has 0 saturated carbocycles. The monoisotopic (exact) mass is 484 g/mol. The molecule has 0 fully saturated rings. The van der Waals surface area contributed by atoms with Crippen molar-refractivity contribution in [2.45, 2.75) is 19.9 Å². The Morgan fingerprint density at radius 2 is 2.12 bits per heavy atom. The van der Waals surface area contributed by atoms with Gasteiger partial charge in [0.15, 0.2) is 5.82 Å². The van der Waals surface area contributed by atoms with Crippen molar-refractivity contribution in [3.63, 3.8) is 0 Å². The summed E-state index contributed by atoms with van der Waals surface area (Å²) in [6.07, 6.45) is 2.77. The first-order chi connectivity index (χ1) is 15.9. The van der Waals surface area contributed by atoms with Gasteiger partial charge in [-0.1, -0.05) is 0 Å². The number of aromatic nitrogens is 6. The van der Waals surface area contributed by atoms with Crippen LogP contribution >= 0.6 is 22.9 Å². The van der Waals surface area contributed by atoms with Gasteiger partial charge in [-0.3, -0.25) is 9.88 Å². The van der Waals surface area contributed by atoms with Crippen molar-refractivity contribution in [1.29, 1.82) is 0 Å². The summed E-state index contributed by atoms with van der Waals surface area (Å²) < 4.78 is 2.34. The number of fused-ring (bicyclic) bond motifs is 2. The number of nitrogens with one attached hydrogen (secondary N) is 1. The lowest BCUT2D eigenvalue weighted by atomic mass is 10.1. The number of halogens is 1. The zero-order valence-electron chi connectivity index (χ0n) is 18.7. The summed E-state index contributed by atoms with van der Waals surface area (Å²) in [5.74, 6) is 1.09. The van der Waals surface area contributed by atoms with Crippen molar-refractivity contribution < 1.29 is 0 Å². The van der Waals surface area contributed by atoms with Crippen LogP contribution in [0, 0.1) is 6.92 Å². The highest BCUT2D eigenvalue weighted by atomic mass is 35.5. The lowest BCUT2D eigenvalue weighted by Crippen LogP contribution is -2.36. The van der Waals surface area contributed by atoms with E-state index in [-0.39, 0.29) is 11.2 Å². The van der Waals surface area contributed by atoms with Crippen molar-refractivity contribution in [2.24, 2.45) is 0 Å². The van der Waals surface area contributed by atoms with Crippen LogP contribution in [0.2, 0.25) is 5.28 Å². The van der Waals surface area contributed by atoms with Crippen molar-refractivity contribution in [1.82, 2.24) is 39.5 Å². The van der Waals surface area contributed by atoms with Crippen LogP contribution in [-0.2, 0) is 13.0 Å². The van der Waals surface area contributed by atoms with E-state index in [0.717, 1.165) is 59.8 Å². The van der Waals surface area contributed by atoms with E-state index in [1.54, 1.807) is 0 Å². The minimum absolute atomic E-state index is 0.140. The SMILES string of the molecule is Cc1csc2c(-n3nc(Nc4cnc5c(c4)CN(CCN(C)C)CC5)nc3N)nc(Cl)nc12. The van der Waals surface area contributed by atoms with Gasteiger partial charge >= 0.3 is 0 Å². The second-order valence-electron chi connectivity index (χ2n) is 8.40. The van der Waals surface area contributed by atoms with Gasteiger partial charge in [0, 0.05) is 38.3 Å². The summed E-state index contributed by atoms with van der Waals surface area (Å²) in [7, 11) is 4.19. The predicted octanol–water partition coefficient (Wildman–Crippen LogP) is 2.87. The van der Waals surface area contributed by atoms with Crippen LogP contribution < -0.4 is 11.1 Å². The molecule has 0 saturated heterocycles. The summed E-state index contributed by atoms with van der Waals surface area (Å²) in [6.45, 7) is 5.95. The van der Waals surface area contributed by atoms with Gasteiger partial charge in [0.1, 0.15) is 0 Å². The molecular formula is C21H25ClN10S. The van der Waals surface area contributed by atoms with E-state index in [9.17, 15) is 0 Å². The number of nitrogens with zero attached hydrogens (tertiary/aromatic N) is 8. The van der Waals surface area contributed by atoms with Crippen LogP contribution in [0.5, 0.6) is 0 Å². The number of hydrogen-bond donors (Lipinski definition) is 2. The Hall–Kier alpha value is -2.86. The molecule has 4 aromatic rings. The third-order valence-electron chi connectivity index (χ3n) is 5.62. The third kappa shape index (κ3) is 4.49.